The molecule has 4 heteroatoms. The van der Waals surface area contributed by atoms with Crippen molar-refractivity contribution in [3.05, 3.63) is 0 Å². The van der Waals surface area contributed by atoms with Crippen molar-refractivity contribution in [1.29, 1.82) is 0 Å². The summed E-state index contributed by atoms with van der Waals surface area (Å²) in [6.07, 6.45) is 5.64. The van der Waals surface area contributed by atoms with Crippen molar-refractivity contribution in [2.24, 2.45) is 23.7 Å². The third kappa shape index (κ3) is 3.28. The van der Waals surface area contributed by atoms with Gasteiger partial charge in [-0.05, 0) is 57.3 Å². The van der Waals surface area contributed by atoms with E-state index in [-0.39, 0.29) is 0 Å². The van der Waals surface area contributed by atoms with Crippen molar-refractivity contribution in [3.8, 4) is 0 Å². The van der Waals surface area contributed by atoms with E-state index in [9.17, 15) is 9.59 Å². The van der Waals surface area contributed by atoms with E-state index in [1.807, 2.05) is 0 Å². The Morgan fingerprint density at radius 2 is 1.68 bits per heavy atom. The van der Waals surface area contributed by atoms with Crippen LogP contribution >= 0.6 is 0 Å². The van der Waals surface area contributed by atoms with Gasteiger partial charge in [0, 0.05) is 0 Å². The van der Waals surface area contributed by atoms with Crippen LogP contribution in [0, 0.1) is 23.7 Å². The number of esters is 2. The Morgan fingerprint density at radius 1 is 1.05 bits per heavy atom. The van der Waals surface area contributed by atoms with E-state index >= 15 is 0 Å². The molecular formula is C15H24O4. The van der Waals surface area contributed by atoms with Crippen LogP contribution in [0.25, 0.3) is 0 Å². The second kappa shape index (κ2) is 6.40. The van der Waals surface area contributed by atoms with Gasteiger partial charge in [-0.1, -0.05) is 6.42 Å². The van der Waals surface area contributed by atoms with Crippen molar-refractivity contribution < 1.29 is 19.1 Å². The predicted octanol–water partition coefficient (Wildman–Crippen LogP) is 2.56. The maximum absolute atomic E-state index is 11.9. The molecule has 108 valence electrons. The number of hydrogen-bond donors (Lipinski definition) is 0. The van der Waals surface area contributed by atoms with Gasteiger partial charge in [-0.15, -0.1) is 0 Å². The van der Waals surface area contributed by atoms with Gasteiger partial charge < -0.3 is 9.47 Å². The average molecular weight is 268 g/mol. The molecule has 2 bridgehead atoms. The minimum atomic E-state index is -0.718. The Hall–Kier alpha value is -1.06. The highest BCUT2D eigenvalue weighted by atomic mass is 16.6. The van der Waals surface area contributed by atoms with Gasteiger partial charge in [0.1, 0.15) is 0 Å². The fraction of sp³-hybridized carbons (Fsp3) is 0.867. The highest BCUT2D eigenvalue weighted by molar-refractivity contribution is 5.94. The van der Waals surface area contributed by atoms with Gasteiger partial charge in [0.25, 0.3) is 0 Å². The number of carbonyl (C=O) groups excluding carboxylic acids is 2. The van der Waals surface area contributed by atoms with Gasteiger partial charge in [-0.3, -0.25) is 9.59 Å². The molecule has 0 aliphatic heterocycles. The third-order valence-corrected chi connectivity index (χ3v) is 4.57. The fourth-order valence-electron chi connectivity index (χ4n) is 3.74. The minimum absolute atomic E-state index is 0.311. The molecule has 0 aromatic heterocycles. The SMILES string of the molecule is CCOC(=O)C(CC1CC2CCC1C2)C(=O)OCC. The molecule has 0 heterocycles. The second-order valence-electron chi connectivity index (χ2n) is 5.73. The van der Waals surface area contributed by atoms with Gasteiger partial charge >= 0.3 is 11.9 Å². The number of rotatable bonds is 6. The molecule has 2 aliphatic rings. The predicted molar refractivity (Wildman–Crippen MR) is 70.3 cm³/mol. The Balaban J connectivity index is 1.96. The van der Waals surface area contributed by atoms with Crippen LogP contribution in [0.4, 0.5) is 0 Å². The zero-order valence-corrected chi connectivity index (χ0v) is 11.9. The van der Waals surface area contributed by atoms with Crippen LogP contribution in [0.1, 0.15) is 46.0 Å². The van der Waals surface area contributed by atoms with Crippen LogP contribution in [0.2, 0.25) is 0 Å². The number of ether oxygens (including phenoxy) is 2. The van der Waals surface area contributed by atoms with Crippen LogP contribution in [0.3, 0.4) is 0 Å². The summed E-state index contributed by atoms with van der Waals surface area (Å²) in [5, 5.41) is 0. The van der Waals surface area contributed by atoms with Crippen molar-refractivity contribution in [2.45, 2.75) is 46.0 Å². The first-order chi connectivity index (χ1) is 9.15. The zero-order valence-electron chi connectivity index (χ0n) is 11.9. The lowest BCUT2D eigenvalue weighted by molar-refractivity contribution is -0.162. The Kier molecular flexibility index (Phi) is 4.83. The van der Waals surface area contributed by atoms with Crippen LogP contribution in [-0.4, -0.2) is 25.2 Å². The minimum Gasteiger partial charge on any atom is -0.465 e. The molecular weight excluding hydrogens is 244 g/mol. The van der Waals surface area contributed by atoms with E-state index in [2.05, 4.69) is 0 Å². The van der Waals surface area contributed by atoms with Crippen LogP contribution in [0.5, 0.6) is 0 Å². The van der Waals surface area contributed by atoms with Crippen molar-refractivity contribution in [2.75, 3.05) is 13.2 Å². The molecule has 2 aliphatic carbocycles. The molecule has 0 radical (unpaired) electrons. The maximum atomic E-state index is 11.9. The van der Waals surface area contributed by atoms with E-state index in [4.69, 9.17) is 9.47 Å². The summed E-state index contributed by atoms with van der Waals surface area (Å²) in [7, 11) is 0. The monoisotopic (exact) mass is 268 g/mol. The topological polar surface area (TPSA) is 52.6 Å². The Morgan fingerprint density at radius 3 is 2.11 bits per heavy atom. The quantitative estimate of drug-likeness (QED) is 0.549. The number of carbonyl (C=O) groups is 2. The highest BCUT2D eigenvalue weighted by Crippen LogP contribution is 2.50. The van der Waals surface area contributed by atoms with Crippen LogP contribution in [-0.2, 0) is 19.1 Å². The first-order valence-electron chi connectivity index (χ1n) is 7.48. The number of fused-ring (bicyclic) bond motifs is 2. The zero-order chi connectivity index (χ0) is 13.8. The average Bonchev–Trinajstić information content (AvgIpc) is 2.98. The molecule has 0 spiro atoms. The first kappa shape index (κ1) is 14.4. The molecule has 19 heavy (non-hydrogen) atoms. The smallest absolute Gasteiger partial charge is 0.320 e. The summed E-state index contributed by atoms with van der Waals surface area (Å²) in [5.41, 5.74) is 0. The normalized spacial score (nSPS) is 28.7. The molecule has 0 amide bonds. The largest absolute Gasteiger partial charge is 0.465 e. The van der Waals surface area contributed by atoms with Gasteiger partial charge in [-0.25, -0.2) is 0 Å². The molecule has 0 aromatic rings. The lowest BCUT2D eigenvalue weighted by Crippen LogP contribution is -2.31. The summed E-state index contributed by atoms with van der Waals surface area (Å²) in [4.78, 5) is 23.9. The summed E-state index contributed by atoms with van der Waals surface area (Å²) < 4.78 is 10.0. The summed E-state index contributed by atoms with van der Waals surface area (Å²) in [5.74, 6) is 0.477. The molecule has 3 unspecified atom stereocenters. The molecule has 2 saturated carbocycles. The molecule has 0 saturated heterocycles. The van der Waals surface area contributed by atoms with Gasteiger partial charge in [-0.2, -0.15) is 0 Å². The van der Waals surface area contributed by atoms with E-state index in [0.29, 0.717) is 31.5 Å². The Bertz CT molecular complexity index is 321. The molecule has 3 atom stereocenters. The molecule has 0 N–H and O–H groups in total. The summed E-state index contributed by atoms with van der Waals surface area (Å²) in [6.45, 7) is 4.15. The van der Waals surface area contributed by atoms with Crippen LogP contribution in [0.15, 0.2) is 0 Å². The summed E-state index contributed by atoms with van der Waals surface area (Å²) in [6, 6.07) is 0. The molecule has 4 nitrogen and oxygen atoms in total. The molecule has 2 rings (SSSR count). The molecule has 0 aromatic carbocycles. The van der Waals surface area contributed by atoms with Crippen molar-refractivity contribution in [3.63, 3.8) is 0 Å². The highest BCUT2D eigenvalue weighted by Gasteiger charge is 2.43. The standard InChI is InChI=1S/C15H24O4/c1-3-18-14(16)13(15(17)19-4-2)9-12-8-10-5-6-11(12)7-10/h10-13H,3-9H2,1-2H3. The van der Waals surface area contributed by atoms with E-state index in [1.54, 1.807) is 13.8 Å². The number of hydrogen-bond acceptors (Lipinski definition) is 4. The first-order valence-corrected chi connectivity index (χ1v) is 7.48. The lowest BCUT2D eigenvalue weighted by Gasteiger charge is -2.24. The molecule has 2 fully saturated rings. The van der Waals surface area contributed by atoms with E-state index in [0.717, 1.165) is 5.92 Å². The lowest BCUT2D eigenvalue weighted by atomic mass is 9.82. The van der Waals surface area contributed by atoms with E-state index < -0.39 is 17.9 Å². The van der Waals surface area contributed by atoms with Crippen molar-refractivity contribution >= 4 is 11.9 Å². The van der Waals surface area contributed by atoms with E-state index in [1.165, 1.54) is 25.7 Å². The second-order valence-corrected chi connectivity index (χ2v) is 5.73. The summed E-state index contributed by atoms with van der Waals surface area (Å²) >= 11 is 0. The fourth-order valence-corrected chi connectivity index (χ4v) is 3.74. The van der Waals surface area contributed by atoms with Crippen LogP contribution < -0.4 is 0 Å². The van der Waals surface area contributed by atoms with Gasteiger partial charge in [0.2, 0.25) is 0 Å². The Labute approximate surface area is 114 Å². The maximum Gasteiger partial charge on any atom is 0.320 e. The van der Waals surface area contributed by atoms with Gasteiger partial charge in [0.15, 0.2) is 5.92 Å². The van der Waals surface area contributed by atoms with Gasteiger partial charge in [0.05, 0.1) is 13.2 Å². The third-order valence-electron chi connectivity index (χ3n) is 4.57. The van der Waals surface area contributed by atoms with Crippen molar-refractivity contribution in [1.82, 2.24) is 0 Å².